The van der Waals surface area contributed by atoms with E-state index in [2.05, 4.69) is 0 Å². The third-order valence-electron chi connectivity index (χ3n) is 1.68. The van der Waals surface area contributed by atoms with Crippen LogP contribution in [0.4, 0.5) is 8.78 Å². The molecule has 0 rings (SSSR count). The summed E-state index contributed by atoms with van der Waals surface area (Å²) in [6.45, 7) is 1.20. The van der Waals surface area contributed by atoms with Crippen LogP contribution < -0.4 is 5.73 Å². The number of nitrogens with two attached hydrogens (primary N) is 1. The minimum atomic E-state index is -2.87. The van der Waals surface area contributed by atoms with Gasteiger partial charge in [-0.05, 0) is 12.7 Å². The average Bonchev–Trinajstić information content (AvgIpc) is 2.12. The normalized spacial score (nSPS) is 14.5. The van der Waals surface area contributed by atoms with Gasteiger partial charge < -0.3 is 10.5 Å². The second kappa shape index (κ2) is 6.56. The third-order valence-corrected chi connectivity index (χ3v) is 2.72. The van der Waals surface area contributed by atoms with Crippen molar-refractivity contribution in [2.24, 2.45) is 5.73 Å². The first-order valence-corrected chi connectivity index (χ1v) is 5.49. The largest absolute Gasteiger partial charge is 0.375 e. The fraction of sp³-hybridized carbons (Fsp3) is 1.00. The van der Waals surface area contributed by atoms with Gasteiger partial charge in [0.15, 0.2) is 0 Å². The SMILES string of the molecule is CSC(C)CCOCC(F)(F)CN. The summed E-state index contributed by atoms with van der Waals surface area (Å²) in [5, 5.41) is 0.450. The third kappa shape index (κ3) is 7.22. The fourth-order valence-electron chi connectivity index (χ4n) is 0.648. The standard InChI is InChI=1S/C8H17F2NOS/c1-7(13-2)3-4-12-6-8(9,10)5-11/h7H,3-6,11H2,1-2H3. The summed E-state index contributed by atoms with van der Waals surface area (Å²) in [5.74, 6) is -2.87. The summed E-state index contributed by atoms with van der Waals surface area (Å²) in [7, 11) is 0. The monoisotopic (exact) mass is 213 g/mol. The summed E-state index contributed by atoms with van der Waals surface area (Å²) >= 11 is 1.70. The van der Waals surface area contributed by atoms with Gasteiger partial charge in [-0.3, -0.25) is 0 Å². The van der Waals surface area contributed by atoms with Crippen LogP contribution in [-0.2, 0) is 4.74 Å². The molecule has 0 aromatic heterocycles. The van der Waals surface area contributed by atoms with Crippen molar-refractivity contribution in [2.75, 3.05) is 26.0 Å². The molecule has 1 atom stereocenters. The molecule has 0 aliphatic rings. The minimum absolute atomic E-state index is 0.373. The average molecular weight is 213 g/mol. The molecule has 2 nitrogen and oxygen atoms in total. The zero-order chi connectivity index (χ0) is 10.3. The number of alkyl halides is 2. The topological polar surface area (TPSA) is 35.2 Å². The van der Waals surface area contributed by atoms with Crippen molar-refractivity contribution in [2.45, 2.75) is 24.5 Å². The Bertz CT molecular complexity index is 135. The highest BCUT2D eigenvalue weighted by Crippen LogP contribution is 2.13. The number of hydrogen-bond donors (Lipinski definition) is 1. The molecule has 80 valence electrons. The molecule has 0 heterocycles. The molecule has 13 heavy (non-hydrogen) atoms. The molecule has 2 N–H and O–H groups in total. The second-order valence-corrected chi connectivity index (χ2v) is 4.22. The Hall–Kier alpha value is 0.130. The van der Waals surface area contributed by atoms with E-state index < -0.39 is 19.1 Å². The van der Waals surface area contributed by atoms with Crippen molar-refractivity contribution in [3.05, 3.63) is 0 Å². The molecule has 0 saturated heterocycles. The first-order valence-electron chi connectivity index (χ1n) is 4.20. The number of ether oxygens (including phenoxy) is 1. The lowest BCUT2D eigenvalue weighted by molar-refractivity contribution is -0.0695. The number of hydrogen-bond acceptors (Lipinski definition) is 3. The van der Waals surface area contributed by atoms with E-state index in [4.69, 9.17) is 10.5 Å². The molecule has 0 aromatic carbocycles. The van der Waals surface area contributed by atoms with E-state index in [-0.39, 0.29) is 0 Å². The molecule has 1 unspecified atom stereocenters. The highest BCUT2D eigenvalue weighted by atomic mass is 32.2. The van der Waals surface area contributed by atoms with Crippen molar-refractivity contribution >= 4 is 11.8 Å². The van der Waals surface area contributed by atoms with E-state index >= 15 is 0 Å². The quantitative estimate of drug-likeness (QED) is 0.654. The van der Waals surface area contributed by atoms with Crippen LogP contribution in [0.1, 0.15) is 13.3 Å². The Morgan fingerprint density at radius 2 is 2.15 bits per heavy atom. The van der Waals surface area contributed by atoms with Crippen molar-refractivity contribution in [1.82, 2.24) is 0 Å². The van der Waals surface area contributed by atoms with Crippen LogP contribution in [-0.4, -0.2) is 37.2 Å². The fourth-order valence-corrected chi connectivity index (χ4v) is 0.979. The van der Waals surface area contributed by atoms with E-state index in [1.165, 1.54) is 0 Å². The Morgan fingerprint density at radius 3 is 2.62 bits per heavy atom. The van der Waals surface area contributed by atoms with Gasteiger partial charge in [0.05, 0.1) is 6.54 Å². The Balaban J connectivity index is 3.35. The smallest absolute Gasteiger partial charge is 0.282 e. The van der Waals surface area contributed by atoms with Crippen LogP contribution >= 0.6 is 11.8 Å². The van der Waals surface area contributed by atoms with E-state index in [0.29, 0.717) is 11.9 Å². The number of rotatable bonds is 7. The zero-order valence-electron chi connectivity index (χ0n) is 8.06. The van der Waals surface area contributed by atoms with Crippen molar-refractivity contribution in [3.8, 4) is 0 Å². The molecule has 0 aliphatic heterocycles. The molecule has 0 aromatic rings. The van der Waals surface area contributed by atoms with E-state index in [9.17, 15) is 8.78 Å². The molecule has 0 spiro atoms. The first-order chi connectivity index (χ1) is 6.02. The zero-order valence-corrected chi connectivity index (χ0v) is 8.87. The molecule has 5 heteroatoms. The van der Waals surface area contributed by atoms with Gasteiger partial charge in [-0.1, -0.05) is 6.92 Å². The van der Waals surface area contributed by atoms with Crippen molar-refractivity contribution in [3.63, 3.8) is 0 Å². The van der Waals surface area contributed by atoms with Gasteiger partial charge in [-0.2, -0.15) is 11.8 Å². The second-order valence-electron chi connectivity index (χ2n) is 2.95. The number of halogens is 2. The highest BCUT2D eigenvalue weighted by Gasteiger charge is 2.26. The lowest BCUT2D eigenvalue weighted by Gasteiger charge is -2.14. The van der Waals surface area contributed by atoms with Crippen molar-refractivity contribution in [1.29, 1.82) is 0 Å². The summed E-state index contributed by atoms with van der Waals surface area (Å²) in [6, 6.07) is 0. The van der Waals surface area contributed by atoms with Gasteiger partial charge in [0.25, 0.3) is 5.92 Å². The maximum absolute atomic E-state index is 12.5. The molecular formula is C8H17F2NOS. The van der Waals surface area contributed by atoms with Crippen LogP contribution in [0.2, 0.25) is 0 Å². The van der Waals surface area contributed by atoms with Gasteiger partial charge in [0.2, 0.25) is 0 Å². The molecule has 0 fully saturated rings. The maximum Gasteiger partial charge on any atom is 0.282 e. The summed E-state index contributed by atoms with van der Waals surface area (Å²) in [5.41, 5.74) is 4.84. The molecule has 0 aliphatic carbocycles. The lowest BCUT2D eigenvalue weighted by Crippen LogP contribution is -2.33. The van der Waals surface area contributed by atoms with Gasteiger partial charge in [0.1, 0.15) is 6.61 Å². The molecule has 0 bridgehead atoms. The maximum atomic E-state index is 12.5. The van der Waals surface area contributed by atoms with Gasteiger partial charge >= 0.3 is 0 Å². The molecule has 0 radical (unpaired) electrons. The van der Waals surface area contributed by atoms with Gasteiger partial charge in [-0.15, -0.1) is 0 Å². The lowest BCUT2D eigenvalue weighted by atomic mass is 10.3. The molecule has 0 saturated carbocycles. The Morgan fingerprint density at radius 1 is 1.54 bits per heavy atom. The summed E-state index contributed by atoms with van der Waals surface area (Å²) in [4.78, 5) is 0. The summed E-state index contributed by atoms with van der Waals surface area (Å²) in [6.07, 6.45) is 2.78. The molecule has 0 amide bonds. The predicted molar refractivity (Wildman–Crippen MR) is 52.4 cm³/mol. The first kappa shape index (κ1) is 13.1. The summed E-state index contributed by atoms with van der Waals surface area (Å²) < 4.78 is 29.8. The van der Waals surface area contributed by atoms with Crippen LogP contribution in [0.5, 0.6) is 0 Å². The Labute approximate surface area is 82.2 Å². The van der Waals surface area contributed by atoms with E-state index in [0.717, 1.165) is 6.42 Å². The van der Waals surface area contributed by atoms with Crippen molar-refractivity contribution < 1.29 is 13.5 Å². The van der Waals surface area contributed by atoms with E-state index in [1.807, 2.05) is 13.2 Å². The minimum Gasteiger partial charge on any atom is -0.375 e. The van der Waals surface area contributed by atoms with Crippen LogP contribution in [0.15, 0.2) is 0 Å². The molecular weight excluding hydrogens is 196 g/mol. The Kier molecular flexibility index (Phi) is 6.63. The van der Waals surface area contributed by atoms with Crippen LogP contribution in [0.25, 0.3) is 0 Å². The predicted octanol–water partition coefficient (Wildman–Crippen LogP) is 1.74. The highest BCUT2D eigenvalue weighted by molar-refractivity contribution is 7.99. The number of thioether (sulfide) groups is 1. The van der Waals surface area contributed by atoms with Crippen LogP contribution in [0.3, 0.4) is 0 Å². The van der Waals surface area contributed by atoms with Gasteiger partial charge in [-0.25, -0.2) is 8.78 Å². The van der Waals surface area contributed by atoms with E-state index in [1.54, 1.807) is 11.8 Å². The van der Waals surface area contributed by atoms with Gasteiger partial charge in [0, 0.05) is 11.9 Å². The van der Waals surface area contributed by atoms with Crippen LogP contribution in [0, 0.1) is 0 Å².